The molecule has 0 saturated heterocycles. The molecule has 8 nitrogen and oxygen atoms in total. The summed E-state index contributed by atoms with van der Waals surface area (Å²) >= 11 is 12.4. The number of primary amides is 1. The molecule has 3 aromatic carbocycles. The Hall–Kier alpha value is -3.27. The number of hydrogen-bond acceptors (Lipinski definition) is 6. The molecule has 0 heterocycles. The van der Waals surface area contributed by atoms with Gasteiger partial charge in [-0.2, -0.15) is 0 Å². The Morgan fingerprint density at radius 2 is 1.58 bits per heavy atom. The summed E-state index contributed by atoms with van der Waals surface area (Å²) in [5.41, 5.74) is 4.97. The van der Waals surface area contributed by atoms with Gasteiger partial charge >= 0.3 is 11.8 Å². The van der Waals surface area contributed by atoms with Crippen LogP contribution < -0.4 is 15.8 Å². The second-order valence-electron chi connectivity index (χ2n) is 6.14. The summed E-state index contributed by atoms with van der Waals surface area (Å²) in [5, 5.41) is 11.9. The summed E-state index contributed by atoms with van der Waals surface area (Å²) in [4.78, 5) is 22.0. The van der Waals surface area contributed by atoms with Gasteiger partial charge < -0.3 is 20.9 Å². The number of carbonyl (C=O) groups is 2. The molecular weight excluding hydrogens is 467 g/mol. The zero-order valence-corrected chi connectivity index (χ0v) is 17.8. The van der Waals surface area contributed by atoms with Gasteiger partial charge in [0, 0.05) is 11.8 Å². The van der Waals surface area contributed by atoms with Crippen LogP contribution in [-0.4, -0.2) is 25.3 Å². The fourth-order valence-electron chi connectivity index (χ4n) is 2.55. The summed E-state index contributed by atoms with van der Waals surface area (Å²) in [6.07, 6.45) is 0. The highest BCUT2D eigenvalue weighted by molar-refractivity contribution is 7.91. The molecule has 0 fully saturated rings. The van der Waals surface area contributed by atoms with E-state index in [1.165, 1.54) is 36.4 Å². The van der Waals surface area contributed by atoms with Crippen LogP contribution >= 0.6 is 23.2 Å². The van der Waals surface area contributed by atoms with Gasteiger partial charge in [-0.15, -0.1) is 0 Å². The lowest BCUT2D eigenvalue weighted by Gasteiger charge is -2.15. The number of anilines is 1. The molecule has 11 heteroatoms. The smallest absolute Gasteiger partial charge is 0.313 e. The molecule has 0 aliphatic heterocycles. The van der Waals surface area contributed by atoms with E-state index in [0.29, 0.717) is 0 Å². The Morgan fingerprint density at radius 3 is 2.16 bits per heavy atom. The van der Waals surface area contributed by atoms with Crippen molar-refractivity contribution < 1.29 is 27.9 Å². The number of ether oxygens (including phenoxy) is 1. The molecule has 2 amide bonds. The van der Waals surface area contributed by atoms with Gasteiger partial charge in [0.05, 0.1) is 14.9 Å². The number of aromatic hydroxyl groups is 1. The van der Waals surface area contributed by atoms with Crippen LogP contribution in [0.2, 0.25) is 10.0 Å². The van der Waals surface area contributed by atoms with Crippen LogP contribution in [0.1, 0.15) is 0 Å². The zero-order valence-electron chi connectivity index (χ0n) is 15.5. The quantitative estimate of drug-likeness (QED) is 0.475. The lowest BCUT2D eigenvalue weighted by Crippen LogP contribution is -2.29. The molecule has 0 radical (unpaired) electrons. The maximum absolute atomic E-state index is 13.1. The third kappa shape index (κ3) is 4.91. The van der Waals surface area contributed by atoms with Gasteiger partial charge in [-0.25, -0.2) is 8.42 Å². The van der Waals surface area contributed by atoms with Crippen LogP contribution in [0.3, 0.4) is 0 Å². The molecule has 0 atom stereocenters. The molecule has 31 heavy (non-hydrogen) atoms. The standard InChI is InChI=1S/C20H14Cl2N2O6S/c21-14-8-11(24-20(27)19(23)26)9-15(22)18(14)30-16-7-6-12(25)10-17(16)31(28,29)13-4-2-1-3-5-13/h1-10,25H,(H2,23,26)(H,24,27). The molecule has 0 aliphatic rings. The summed E-state index contributed by atoms with van der Waals surface area (Å²) < 4.78 is 31.8. The minimum Gasteiger partial charge on any atom is -0.508 e. The molecule has 0 saturated carbocycles. The van der Waals surface area contributed by atoms with Crippen molar-refractivity contribution in [2.45, 2.75) is 9.79 Å². The van der Waals surface area contributed by atoms with Crippen molar-refractivity contribution in [2.75, 3.05) is 5.32 Å². The number of sulfone groups is 1. The second-order valence-corrected chi connectivity index (χ2v) is 8.87. The molecule has 0 spiro atoms. The van der Waals surface area contributed by atoms with Gasteiger partial charge in [-0.3, -0.25) is 9.59 Å². The lowest BCUT2D eigenvalue weighted by atomic mass is 10.2. The van der Waals surface area contributed by atoms with Crippen molar-refractivity contribution in [1.82, 2.24) is 0 Å². The monoisotopic (exact) mass is 480 g/mol. The van der Waals surface area contributed by atoms with Crippen LogP contribution in [0, 0.1) is 0 Å². The number of amides is 2. The van der Waals surface area contributed by atoms with Crippen molar-refractivity contribution in [3.63, 3.8) is 0 Å². The van der Waals surface area contributed by atoms with E-state index in [9.17, 15) is 23.1 Å². The van der Waals surface area contributed by atoms with E-state index in [2.05, 4.69) is 5.32 Å². The first-order valence-electron chi connectivity index (χ1n) is 8.50. The summed E-state index contributed by atoms with van der Waals surface area (Å²) in [7, 11) is -4.05. The van der Waals surface area contributed by atoms with E-state index in [1.54, 1.807) is 18.2 Å². The van der Waals surface area contributed by atoms with Crippen LogP contribution in [0.4, 0.5) is 5.69 Å². The van der Waals surface area contributed by atoms with E-state index >= 15 is 0 Å². The van der Waals surface area contributed by atoms with E-state index < -0.39 is 21.7 Å². The number of nitrogens with two attached hydrogens (primary N) is 1. The lowest BCUT2D eigenvalue weighted by molar-refractivity contribution is -0.134. The maximum Gasteiger partial charge on any atom is 0.313 e. The Kier molecular flexibility index (Phi) is 6.40. The van der Waals surface area contributed by atoms with Crippen molar-refractivity contribution in [1.29, 1.82) is 0 Å². The first-order chi connectivity index (χ1) is 14.6. The van der Waals surface area contributed by atoms with Crippen LogP contribution in [0.5, 0.6) is 17.2 Å². The number of nitrogens with one attached hydrogen (secondary N) is 1. The highest BCUT2D eigenvalue weighted by atomic mass is 35.5. The second kappa shape index (κ2) is 8.84. The Labute approximate surface area is 187 Å². The van der Waals surface area contributed by atoms with E-state index in [4.69, 9.17) is 33.7 Å². The predicted octanol–water partition coefficient (Wildman–Crippen LogP) is 3.75. The van der Waals surface area contributed by atoms with E-state index in [0.717, 1.165) is 6.07 Å². The molecule has 0 aromatic heterocycles. The first kappa shape index (κ1) is 22.4. The normalized spacial score (nSPS) is 11.0. The molecular formula is C20H14Cl2N2O6S. The molecule has 0 bridgehead atoms. The largest absolute Gasteiger partial charge is 0.508 e. The summed E-state index contributed by atoms with van der Waals surface area (Å²) in [6.45, 7) is 0. The summed E-state index contributed by atoms with van der Waals surface area (Å²) in [5.74, 6) is -2.80. The van der Waals surface area contributed by atoms with Crippen LogP contribution in [0.15, 0.2) is 70.5 Å². The minimum absolute atomic E-state index is 0.00726. The number of rotatable bonds is 5. The van der Waals surface area contributed by atoms with E-state index in [-0.39, 0.29) is 42.8 Å². The van der Waals surface area contributed by atoms with Gasteiger partial charge in [-0.1, -0.05) is 41.4 Å². The van der Waals surface area contributed by atoms with Gasteiger partial charge in [-0.05, 0) is 36.4 Å². The van der Waals surface area contributed by atoms with Crippen LogP contribution in [0.25, 0.3) is 0 Å². The molecule has 0 unspecified atom stereocenters. The number of phenols is 1. The SMILES string of the molecule is NC(=O)C(=O)Nc1cc(Cl)c(Oc2ccc(O)cc2S(=O)(=O)c2ccccc2)c(Cl)c1. The molecule has 4 N–H and O–H groups in total. The number of halogens is 2. The van der Waals surface area contributed by atoms with Gasteiger partial charge in [0.1, 0.15) is 16.4 Å². The van der Waals surface area contributed by atoms with Crippen molar-refractivity contribution >= 4 is 50.5 Å². The van der Waals surface area contributed by atoms with Crippen molar-refractivity contribution in [3.8, 4) is 17.2 Å². The van der Waals surface area contributed by atoms with Crippen molar-refractivity contribution in [3.05, 3.63) is 70.7 Å². The highest BCUT2D eigenvalue weighted by Gasteiger charge is 2.24. The molecule has 3 rings (SSSR count). The number of phenolic OH excluding ortho intramolecular Hbond substituents is 1. The third-order valence-electron chi connectivity index (χ3n) is 3.96. The van der Waals surface area contributed by atoms with Crippen LogP contribution in [-0.2, 0) is 19.4 Å². The number of hydrogen-bond donors (Lipinski definition) is 3. The Morgan fingerprint density at radius 1 is 0.968 bits per heavy atom. The average Bonchev–Trinajstić information content (AvgIpc) is 2.72. The first-order valence-corrected chi connectivity index (χ1v) is 10.7. The Bertz CT molecular complexity index is 1260. The number of carbonyl (C=O) groups excluding carboxylic acids is 2. The summed E-state index contributed by atoms with van der Waals surface area (Å²) in [6, 6.07) is 13.6. The average molecular weight is 481 g/mol. The molecule has 3 aromatic rings. The predicted molar refractivity (Wildman–Crippen MR) is 114 cm³/mol. The van der Waals surface area contributed by atoms with Gasteiger partial charge in [0.15, 0.2) is 5.75 Å². The maximum atomic E-state index is 13.1. The van der Waals surface area contributed by atoms with E-state index in [1.807, 2.05) is 0 Å². The fourth-order valence-corrected chi connectivity index (χ4v) is 4.53. The molecule has 0 aliphatic carbocycles. The Balaban J connectivity index is 2.03. The highest BCUT2D eigenvalue weighted by Crippen LogP contribution is 2.42. The molecule has 160 valence electrons. The third-order valence-corrected chi connectivity index (χ3v) is 6.31. The van der Waals surface area contributed by atoms with Crippen molar-refractivity contribution in [2.24, 2.45) is 5.73 Å². The number of benzene rings is 3. The van der Waals surface area contributed by atoms with Gasteiger partial charge in [0.25, 0.3) is 0 Å². The van der Waals surface area contributed by atoms with Gasteiger partial charge in [0.2, 0.25) is 9.84 Å². The topological polar surface area (TPSA) is 136 Å². The zero-order chi connectivity index (χ0) is 22.8. The fraction of sp³-hybridized carbons (Fsp3) is 0. The minimum atomic E-state index is -4.05.